The number of aromatic nitrogens is 4. The number of benzene rings is 9. The van der Waals surface area contributed by atoms with Gasteiger partial charge in [-0.25, -0.2) is 15.0 Å². The van der Waals surface area contributed by atoms with Gasteiger partial charge in [0.15, 0.2) is 23.1 Å². The highest BCUT2D eigenvalue weighted by molar-refractivity contribution is 6.18. The first-order valence-electron chi connectivity index (χ1n) is 20.8. The van der Waals surface area contributed by atoms with Crippen LogP contribution in [0.2, 0.25) is 0 Å². The lowest BCUT2D eigenvalue weighted by Crippen LogP contribution is -2.15. The summed E-state index contributed by atoms with van der Waals surface area (Å²) in [5, 5.41) is 9.07. The molecule has 12 aromatic rings. The summed E-state index contributed by atoms with van der Waals surface area (Å²) in [4.78, 5) is 16.0. The van der Waals surface area contributed by atoms with Crippen LogP contribution in [0.15, 0.2) is 186 Å². The third-order valence-electron chi connectivity index (χ3n) is 13.0. The molecule has 0 N–H and O–H groups in total. The number of furan rings is 1. The molecule has 0 atom stereocenters. The van der Waals surface area contributed by atoms with Crippen LogP contribution in [0.1, 0.15) is 25.0 Å². The van der Waals surface area contributed by atoms with Gasteiger partial charge in [-0.1, -0.05) is 147 Å². The van der Waals surface area contributed by atoms with Crippen LogP contribution in [0, 0.1) is 0 Å². The minimum atomic E-state index is -0.171. The van der Waals surface area contributed by atoms with E-state index in [-0.39, 0.29) is 5.41 Å². The van der Waals surface area contributed by atoms with Gasteiger partial charge >= 0.3 is 0 Å². The monoisotopic (exact) mass is 780 g/mol. The molecule has 0 spiro atoms. The Hall–Kier alpha value is -7.89. The molecule has 61 heavy (non-hydrogen) atoms. The number of rotatable bonds is 4. The Balaban J connectivity index is 1.08. The van der Waals surface area contributed by atoms with Crippen molar-refractivity contribution in [2.24, 2.45) is 0 Å². The Kier molecular flexibility index (Phi) is 7.00. The molecule has 0 aliphatic heterocycles. The zero-order valence-corrected chi connectivity index (χ0v) is 33.5. The SMILES string of the molecule is CC1(C)c2ccccc2-c2ccc(-c3nc(-c4ccc5ccccc5c4)nc(-c4ccc(-n5c6ccccc6c6cc7ccccc7cc65)c5oc6ccccc6c45)n3)cc21. The van der Waals surface area contributed by atoms with Crippen LogP contribution in [0.4, 0.5) is 0 Å². The molecule has 3 aromatic heterocycles. The molecular formula is C56H36N4O. The average Bonchev–Trinajstić information content (AvgIpc) is 3.93. The first-order chi connectivity index (χ1) is 30.0. The van der Waals surface area contributed by atoms with Crippen molar-refractivity contribution >= 4 is 65.3 Å². The highest BCUT2D eigenvalue weighted by atomic mass is 16.3. The summed E-state index contributed by atoms with van der Waals surface area (Å²) < 4.78 is 9.30. The third kappa shape index (κ3) is 4.98. The molecule has 5 nitrogen and oxygen atoms in total. The smallest absolute Gasteiger partial charge is 0.164 e. The van der Waals surface area contributed by atoms with Crippen LogP contribution < -0.4 is 0 Å². The van der Waals surface area contributed by atoms with E-state index in [1.165, 1.54) is 49.2 Å². The summed E-state index contributed by atoms with van der Waals surface area (Å²) >= 11 is 0. The number of nitrogens with zero attached hydrogens (tertiary/aromatic N) is 4. The normalized spacial score (nSPS) is 13.2. The Morgan fingerprint density at radius 1 is 0.426 bits per heavy atom. The van der Waals surface area contributed by atoms with Crippen LogP contribution in [0.25, 0.3) is 116 Å². The van der Waals surface area contributed by atoms with Gasteiger partial charge in [0.1, 0.15) is 5.58 Å². The molecule has 0 fully saturated rings. The number of hydrogen-bond donors (Lipinski definition) is 0. The maximum atomic E-state index is 6.94. The van der Waals surface area contributed by atoms with Gasteiger partial charge in [0.05, 0.1) is 16.7 Å². The fourth-order valence-electron chi connectivity index (χ4n) is 10.0. The van der Waals surface area contributed by atoms with Crippen LogP contribution in [-0.2, 0) is 5.41 Å². The van der Waals surface area contributed by atoms with Gasteiger partial charge in [-0.15, -0.1) is 0 Å². The predicted octanol–water partition coefficient (Wildman–Crippen LogP) is 14.5. The van der Waals surface area contributed by atoms with Crippen molar-refractivity contribution in [2.45, 2.75) is 19.3 Å². The van der Waals surface area contributed by atoms with E-state index in [2.05, 4.69) is 188 Å². The third-order valence-corrected chi connectivity index (χ3v) is 13.0. The highest BCUT2D eigenvalue weighted by Crippen LogP contribution is 2.50. The number of fused-ring (bicyclic) bond motifs is 11. The molecule has 0 amide bonds. The molecule has 1 aliphatic carbocycles. The fourth-order valence-corrected chi connectivity index (χ4v) is 10.0. The second-order valence-electron chi connectivity index (χ2n) is 16.8. The molecule has 5 heteroatoms. The van der Waals surface area contributed by atoms with E-state index in [1.54, 1.807) is 0 Å². The lowest BCUT2D eigenvalue weighted by molar-refractivity contribution is 0.660. The molecule has 0 saturated heterocycles. The molecule has 286 valence electrons. The van der Waals surface area contributed by atoms with Crippen molar-refractivity contribution in [2.75, 3.05) is 0 Å². The van der Waals surface area contributed by atoms with Gasteiger partial charge in [-0.3, -0.25) is 0 Å². The Labute approximate surface area is 351 Å². The van der Waals surface area contributed by atoms with Crippen molar-refractivity contribution < 1.29 is 4.42 Å². The maximum Gasteiger partial charge on any atom is 0.164 e. The van der Waals surface area contributed by atoms with Gasteiger partial charge in [-0.05, 0) is 92.3 Å². The predicted molar refractivity (Wildman–Crippen MR) is 250 cm³/mol. The van der Waals surface area contributed by atoms with E-state index in [0.29, 0.717) is 17.5 Å². The van der Waals surface area contributed by atoms with E-state index in [0.717, 1.165) is 60.7 Å². The standard InChI is InChI=1S/C56H36N4O/c1-56(2)45-20-10-7-17-39(45)40-26-25-38(31-46(40)56)54-57-53(37-24-23-33-13-3-4-14-34(33)29-37)58-55(59-54)43-27-28-48(52-51(43)42-19-9-12-22-50(42)61-52)60-47-21-11-8-18-41(47)44-30-35-15-5-6-16-36(35)32-49(44)60/h3-32H,1-2H3. The topological polar surface area (TPSA) is 56.7 Å². The summed E-state index contributed by atoms with van der Waals surface area (Å²) in [6, 6.07) is 64.8. The van der Waals surface area contributed by atoms with Gasteiger partial charge in [0.2, 0.25) is 0 Å². The molecule has 3 heterocycles. The second kappa shape index (κ2) is 12.6. The Morgan fingerprint density at radius 2 is 1.03 bits per heavy atom. The summed E-state index contributed by atoms with van der Waals surface area (Å²) in [6.45, 7) is 4.62. The van der Waals surface area contributed by atoms with Gasteiger partial charge in [0.25, 0.3) is 0 Å². The molecule has 9 aromatic carbocycles. The van der Waals surface area contributed by atoms with Crippen LogP contribution in [0.5, 0.6) is 0 Å². The zero-order chi connectivity index (χ0) is 40.4. The summed E-state index contributed by atoms with van der Waals surface area (Å²) in [7, 11) is 0. The van der Waals surface area contributed by atoms with Gasteiger partial charge < -0.3 is 8.98 Å². The van der Waals surface area contributed by atoms with Crippen molar-refractivity contribution in [3.05, 3.63) is 193 Å². The van der Waals surface area contributed by atoms with Crippen LogP contribution >= 0.6 is 0 Å². The van der Waals surface area contributed by atoms with Crippen molar-refractivity contribution in [1.29, 1.82) is 0 Å². The van der Waals surface area contributed by atoms with Crippen molar-refractivity contribution in [3.63, 3.8) is 0 Å². The molecular weight excluding hydrogens is 745 g/mol. The maximum absolute atomic E-state index is 6.94. The number of hydrogen-bond acceptors (Lipinski definition) is 4. The molecule has 0 unspecified atom stereocenters. The zero-order valence-electron chi connectivity index (χ0n) is 33.5. The van der Waals surface area contributed by atoms with Gasteiger partial charge in [0, 0.05) is 43.7 Å². The van der Waals surface area contributed by atoms with E-state index >= 15 is 0 Å². The first kappa shape index (κ1) is 34.0. The van der Waals surface area contributed by atoms with Crippen LogP contribution in [-0.4, -0.2) is 19.5 Å². The lowest BCUT2D eigenvalue weighted by Gasteiger charge is -2.21. The van der Waals surface area contributed by atoms with E-state index < -0.39 is 0 Å². The molecule has 13 rings (SSSR count). The minimum Gasteiger partial charge on any atom is -0.454 e. The largest absolute Gasteiger partial charge is 0.454 e. The molecule has 1 aliphatic rings. The summed E-state index contributed by atoms with van der Waals surface area (Å²) in [6.07, 6.45) is 0. The van der Waals surface area contributed by atoms with Gasteiger partial charge in [-0.2, -0.15) is 0 Å². The summed E-state index contributed by atoms with van der Waals surface area (Å²) in [5.41, 5.74) is 12.5. The molecule has 0 radical (unpaired) electrons. The van der Waals surface area contributed by atoms with E-state index in [4.69, 9.17) is 19.4 Å². The van der Waals surface area contributed by atoms with Crippen LogP contribution in [0.3, 0.4) is 0 Å². The van der Waals surface area contributed by atoms with E-state index in [1.807, 2.05) is 12.1 Å². The van der Waals surface area contributed by atoms with Crippen molar-refractivity contribution in [1.82, 2.24) is 19.5 Å². The highest BCUT2D eigenvalue weighted by Gasteiger charge is 2.35. The van der Waals surface area contributed by atoms with E-state index in [9.17, 15) is 0 Å². The molecule has 0 saturated carbocycles. The fraction of sp³-hybridized carbons (Fsp3) is 0.0536. The quantitative estimate of drug-likeness (QED) is 0.178. The first-order valence-corrected chi connectivity index (χ1v) is 20.8. The Morgan fingerprint density at radius 3 is 1.87 bits per heavy atom. The Bertz CT molecular complexity index is 3810. The molecule has 0 bridgehead atoms. The average molecular weight is 781 g/mol. The number of para-hydroxylation sites is 2. The summed E-state index contributed by atoms with van der Waals surface area (Å²) in [5.74, 6) is 1.84. The van der Waals surface area contributed by atoms with Crippen molar-refractivity contribution in [3.8, 4) is 51.0 Å². The lowest BCUT2D eigenvalue weighted by atomic mass is 9.82. The minimum absolute atomic E-state index is 0.171. The second-order valence-corrected chi connectivity index (χ2v) is 16.8.